The Bertz CT molecular complexity index is 751. The molecule has 0 aliphatic carbocycles. The summed E-state index contributed by atoms with van der Waals surface area (Å²) in [7, 11) is 0. The number of carbonyl (C=O) groups excluding carboxylic acids is 1. The summed E-state index contributed by atoms with van der Waals surface area (Å²) >= 11 is 0. The lowest BCUT2D eigenvalue weighted by atomic mass is 10.1. The van der Waals surface area contributed by atoms with Crippen molar-refractivity contribution < 1.29 is 18.9 Å². The lowest BCUT2D eigenvalue weighted by Crippen LogP contribution is -2.27. The predicted molar refractivity (Wildman–Crippen MR) is 83.3 cm³/mol. The average Bonchev–Trinajstić information content (AvgIpc) is 3.01. The van der Waals surface area contributed by atoms with Crippen molar-refractivity contribution in [1.29, 1.82) is 0 Å². The molecule has 23 heavy (non-hydrogen) atoms. The molecule has 1 heterocycles. The van der Waals surface area contributed by atoms with Gasteiger partial charge in [0.25, 0.3) is 11.6 Å². The van der Waals surface area contributed by atoms with E-state index in [-0.39, 0.29) is 5.69 Å². The van der Waals surface area contributed by atoms with Gasteiger partial charge in [-0.25, -0.2) is 5.84 Å². The number of nitro benzene ring substituents is 1. The lowest BCUT2D eigenvalue weighted by Gasteiger charge is -2.07. The molecule has 1 amide bonds. The molecule has 3 N–H and O–H groups in total. The Morgan fingerprint density at radius 3 is 2.87 bits per heavy atom. The SMILES string of the molecule is CCOc1cc([N+](=O)[O-])ccc1-c1ccc(/C=C/C(=O)NN)o1. The van der Waals surface area contributed by atoms with Crippen molar-refractivity contribution in [2.75, 3.05) is 6.61 Å². The van der Waals surface area contributed by atoms with E-state index in [1.807, 2.05) is 5.43 Å². The van der Waals surface area contributed by atoms with Crippen molar-refractivity contribution in [3.8, 4) is 17.1 Å². The van der Waals surface area contributed by atoms with Crippen molar-refractivity contribution in [2.24, 2.45) is 5.84 Å². The number of nitrogens with one attached hydrogen (secondary N) is 1. The molecule has 0 saturated heterocycles. The number of carbonyl (C=O) groups is 1. The maximum atomic E-state index is 11.1. The van der Waals surface area contributed by atoms with Gasteiger partial charge >= 0.3 is 0 Å². The summed E-state index contributed by atoms with van der Waals surface area (Å²) in [4.78, 5) is 21.4. The monoisotopic (exact) mass is 317 g/mol. The standard InChI is InChI=1S/C15H15N3O5/c1-2-22-14-9-10(18(20)21)3-6-12(14)13-7-4-11(23-13)5-8-15(19)17-16/h3-9H,2,16H2,1H3,(H,17,19)/b8-5+. The second kappa shape index (κ2) is 7.23. The van der Waals surface area contributed by atoms with Crippen LogP contribution in [0.2, 0.25) is 0 Å². The van der Waals surface area contributed by atoms with E-state index in [1.165, 1.54) is 24.3 Å². The number of benzene rings is 1. The number of furan rings is 1. The Morgan fingerprint density at radius 1 is 1.43 bits per heavy atom. The Kier molecular flexibility index (Phi) is 5.11. The van der Waals surface area contributed by atoms with E-state index in [0.717, 1.165) is 0 Å². The fourth-order valence-corrected chi connectivity index (χ4v) is 1.90. The third-order valence-corrected chi connectivity index (χ3v) is 2.91. The molecule has 0 atom stereocenters. The number of hydrazine groups is 1. The van der Waals surface area contributed by atoms with Crippen LogP contribution in [0.4, 0.5) is 5.69 Å². The fraction of sp³-hybridized carbons (Fsp3) is 0.133. The van der Waals surface area contributed by atoms with Crippen molar-refractivity contribution in [3.05, 3.63) is 52.3 Å². The molecule has 0 saturated carbocycles. The summed E-state index contributed by atoms with van der Waals surface area (Å²) in [6.07, 6.45) is 2.68. The van der Waals surface area contributed by atoms with Gasteiger partial charge in [-0.2, -0.15) is 0 Å². The number of nitrogens with zero attached hydrogens (tertiary/aromatic N) is 1. The van der Waals surface area contributed by atoms with Crippen molar-refractivity contribution in [3.63, 3.8) is 0 Å². The molecule has 8 nitrogen and oxygen atoms in total. The summed E-state index contributed by atoms with van der Waals surface area (Å²) in [5.74, 6) is 5.76. The summed E-state index contributed by atoms with van der Waals surface area (Å²) in [6, 6.07) is 7.62. The van der Waals surface area contributed by atoms with Gasteiger partial charge in [0.15, 0.2) is 0 Å². The highest BCUT2D eigenvalue weighted by molar-refractivity contribution is 5.90. The number of nitro groups is 1. The highest BCUT2D eigenvalue weighted by atomic mass is 16.6. The largest absolute Gasteiger partial charge is 0.493 e. The van der Waals surface area contributed by atoms with E-state index in [4.69, 9.17) is 15.0 Å². The van der Waals surface area contributed by atoms with Crippen LogP contribution in [0, 0.1) is 10.1 Å². The number of non-ortho nitro benzene ring substituents is 1. The molecule has 0 spiro atoms. The molecule has 0 unspecified atom stereocenters. The quantitative estimate of drug-likeness (QED) is 0.277. The van der Waals surface area contributed by atoms with Gasteiger partial charge in [0.2, 0.25) is 0 Å². The lowest BCUT2D eigenvalue weighted by molar-refractivity contribution is -0.384. The number of rotatable bonds is 6. The van der Waals surface area contributed by atoms with Crippen LogP contribution >= 0.6 is 0 Å². The third kappa shape index (κ3) is 3.95. The molecule has 0 fully saturated rings. The van der Waals surface area contributed by atoms with Gasteiger partial charge in [-0.3, -0.25) is 20.3 Å². The average molecular weight is 317 g/mol. The van der Waals surface area contributed by atoms with E-state index >= 15 is 0 Å². The summed E-state index contributed by atoms with van der Waals surface area (Å²) in [5.41, 5.74) is 2.48. The first-order valence-electron chi connectivity index (χ1n) is 6.75. The van der Waals surface area contributed by atoms with Gasteiger partial charge < -0.3 is 9.15 Å². The molecule has 2 aromatic rings. The third-order valence-electron chi connectivity index (χ3n) is 2.91. The normalized spacial score (nSPS) is 10.7. The maximum Gasteiger partial charge on any atom is 0.273 e. The van der Waals surface area contributed by atoms with Crippen LogP contribution in [0.15, 0.2) is 40.8 Å². The van der Waals surface area contributed by atoms with Crippen molar-refractivity contribution in [1.82, 2.24) is 5.43 Å². The van der Waals surface area contributed by atoms with Crippen LogP contribution < -0.4 is 16.0 Å². The Hall–Kier alpha value is -3.13. The highest BCUT2D eigenvalue weighted by Crippen LogP contribution is 2.34. The number of ether oxygens (including phenoxy) is 1. The van der Waals surface area contributed by atoms with Crippen molar-refractivity contribution >= 4 is 17.7 Å². The first-order valence-corrected chi connectivity index (χ1v) is 6.75. The minimum atomic E-state index is -0.492. The van der Waals surface area contributed by atoms with E-state index in [2.05, 4.69) is 0 Å². The molecule has 0 bridgehead atoms. The molecule has 2 rings (SSSR count). The minimum absolute atomic E-state index is 0.0662. The molecule has 0 radical (unpaired) electrons. The Morgan fingerprint density at radius 2 is 2.22 bits per heavy atom. The molecule has 8 heteroatoms. The zero-order valence-corrected chi connectivity index (χ0v) is 12.3. The maximum absolute atomic E-state index is 11.1. The summed E-state index contributed by atoms with van der Waals surface area (Å²) in [5, 5.41) is 10.9. The smallest absolute Gasteiger partial charge is 0.273 e. The predicted octanol–water partition coefficient (Wildman–Crippen LogP) is 2.26. The topological polar surface area (TPSA) is 121 Å². The van der Waals surface area contributed by atoms with Gasteiger partial charge in [0.05, 0.1) is 23.2 Å². The van der Waals surface area contributed by atoms with E-state index in [0.29, 0.717) is 29.4 Å². The Labute approximate surface area is 131 Å². The molecular formula is C15H15N3O5. The molecule has 120 valence electrons. The molecule has 0 aliphatic heterocycles. The van der Waals surface area contributed by atoms with Crippen LogP contribution in [0.1, 0.15) is 12.7 Å². The molecule has 1 aromatic carbocycles. The van der Waals surface area contributed by atoms with Crippen LogP contribution in [0.3, 0.4) is 0 Å². The number of nitrogens with two attached hydrogens (primary N) is 1. The van der Waals surface area contributed by atoms with Crippen molar-refractivity contribution in [2.45, 2.75) is 6.92 Å². The molecule has 0 aliphatic rings. The number of hydrogen-bond acceptors (Lipinski definition) is 6. The first-order chi connectivity index (χ1) is 11.0. The molecular weight excluding hydrogens is 302 g/mol. The number of amides is 1. The van der Waals surface area contributed by atoms with Gasteiger partial charge in [-0.05, 0) is 31.2 Å². The van der Waals surface area contributed by atoms with E-state index in [9.17, 15) is 14.9 Å². The van der Waals surface area contributed by atoms with Gasteiger partial charge in [-0.15, -0.1) is 0 Å². The second-order valence-corrected chi connectivity index (χ2v) is 4.41. The number of hydrogen-bond donors (Lipinski definition) is 2. The summed E-state index contributed by atoms with van der Waals surface area (Å²) in [6.45, 7) is 2.14. The van der Waals surface area contributed by atoms with E-state index in [1.54, 1.807) is 25.1 Å². The van der Waals surface area contributed by atoms with Gasteiger partial charge in [0.1, 0.15) is 17.3 Å². The molecule has 1 aromatic heterocycles. The van der Waals surface area contributed by atoms with Gasteiger partial charge in [0, 0.05) is 12.1 Å². The Balaban J connectivity index is 2.34. The zero-order valence-electron chi connectivity index (χ0n) is 12.3. The van der Waals surface area contributed by atoms with E-state index < -0.39 is 10.8 Å². The minimum Gasteiger partial charge on any atom is -0.493 e. The van der Waals surface area contributed by atoms with Crippen LogP contribution in [0.25, 0.3) is 17.4 Å². The van der Waals surface area contributed by atoms with Crippen LogP contribution in [-0.2, 0) is 4.79 Å². The zero-order chi connectivity index (χ0) is 16.8. The highest BCUT2D eigenvalue weighted by Gasteiger charge is 2.15. The first kappa shape index (κ1) is 16.2. The fourth-order valence-electron chi connectivity index (χ4n) is 1.90. The van der Waals surface area contributed by atoms with Gasteiger partial charge in [-0.1, -0.05) is 0 Å². The second-order valence-electron chi connectivity index (χ2n) is 4.41. The van der Waals surface area contributed by atoms with Crippen LogP contribution in [0.5, 0.6) is 5.75 Å². The van der Waals surface area contributed by atoms with Crippen LogP contribution in [-0.4, -0.2) is 17.4 Å². The summed E-state index contributed by atoms with van der Waals surface area (Å²) < 4.78 is 11.0.